The van der Waals surface area contributed by atoms with E-state index in [0.717, 1.165) is 12.8 Å². The van der Waals surface area contributed by atoms with E-state index in [4.69, 9.17) is 22.3 Å². The summed E-state index contributed by atoms with van der Waals surface area (Å²) < 4.78 is 0. The standard InChI is InChI=1S/C8H20N7/c1-3-5(14-7(9)10)13-6(4-2)15-8(11)12/h5-6H,3-4H2,1-2H3,(H4,9,10,14)(H4,11,12,15). The third kappa shape index (κ3) is 6.55. The summed E-state index contributed by atoms with van der Waals surface area (Å²) in [4.78, 5) is 0. The predicted molar refractivity (Wildman–Crippen MR) is 60.4 cm³/mol. The van der Waals surface area contributed by atoms with E-state index >= 15 is 0 Å². The molecule has 0 aromatic carbocycles. The molecule has 0 saturated carbocycles. The predicted octanol–water partition coefficient (Wildman–Crippen LogP) is -0.971. The van der Waals surface area contributed by atoms with Gasteiger partial charge in [-0.25, -0.2) is 0 Å². The fourth-order valence-electron chi connectivity index (χ4n) is 1.07. The van der Waals surface area contributed by atoms with Gasteiger partial charge in [0.1, 0.15) is 0 Å². The summed E-state index contributed by atoms with van der Waals surface area (Å²) in [6.45, 7) is 3.87. The molecule has 87 valence electrons. The van der Waals surface area contributed by atoms with Gasteiger partial charge in [-0.3, -0.25) is 10.8 Å². The molecule has 7 nitrogen and oxygen atoms in total. The molecule has 2 unspecified atom stereocenters. The third-order valence-electron chi connectivity index (χ3n) is 1.78. The van der Waals surface area contributed by atoms with Gasteiger partial charge in [-0.1, -0.05) is 13.8 Å². The Bertz CT molecular complexity index is 193. The normalized spacial score (nSPS) is 14.0. The van der Waals surface area contributed by atoms with Crippen LogP contribution in [0.3, 0.4) is 0 Å². The Morgan fingerprint density at radius 1 is 1.07 bits per heavy atom. The molecular weight excluding hydrogens is 194 g/mol. The van der Waals surface area contributed by atoms with Crippen molar-refractivity contribution >= 4 is 11.9 Å². The summed E-state index contributed by atoms with van der Waals surface area (Å²) in [5.41, 5.74) is 10.4. The molecule has 0 aliphatic carbocycles. The van der Waals surface area contributed by atoms with Crippen LogP contribution < -0.4 is 27.4 Å². The molecule has 0 heterocycles. The molecule has 7 heteroatoms. The lowest BCUT2D eigenvalue weighted by Crippen LogP contribution is -2.53. The van der Waals surface area contributed by atoms with Crippen LogP contribution in [-0.4, -0.2) is 24.3 Å². The Hall–Kier alpha value is -1.50. The molecule has 0 rings (SSSR count). The maximum Gasteiger partial charge on any atom is 0.186 e. The SMILES string of the molecule is CCC([N]C(CC)NC(=N)N)NC(=N)N. The smallest absolute Gasteiger partial charge is 0.186 e. The first-order chi connectivity index (χ1) is 6.99. The monoisotopic (exact) mass is 214 g/mol. The number of rotatable bonds is 6. The zero-order valence-corrected chi connectivity index (χ0v) is 9.17. The van der Waals surface area contributed by atoms with Crippen LogP contribution in [0.1, 0.15) is 26.7 Å². The molecule has 0 bridgehead atoms. The van der Waals surface area contributed by atoms with E-state index in [9.17, 15) is 0 Å². The van der Waals surface area contributed by atoms with Gasteiger partial charge in [0, 0.05) is 0 Å². The Balaban J connectivity index is 4.10. The molecule has 0 aliphatic heterocycles. The Morgan fingerprint density at radius 3 is 1.60 bits per heavy atom. The fraction of sp³-hybridized carbons (Fsp3) is 0.750. The molecular formula is C8H20N7. The second-order valence-corrected chi connectivity index (χ2v) is 3.11. The van der Waals surface area contributed by atoms with E-state index in [1.54, 1.807) is 0 Å². The van der Waals surface area contributed by atoms with Gasteiger partial charge in [-0.15, -0.1) is 0 Å². The van der Waals surface area contributed by atoms with Gasteiger partial charge in [-0.05, 0) is 12.8 Å². The van der Waals surface area contributed by atoms with Gasteiger partial charge in [0.05, 0.1) is 12.3 Å². The highest BCUT2D eigenvalue weighted by Gasteiger charge is 2.14. The summed E-state index contributed by atoms with van der Waals surface area (Å²) in [6.07, 6.45) is 0.990. The minimum absolute atomic E-state index is 0.108. The summed E-state index contributed by atoms with van der Waals surface area (Å²) in [5.74, 6) is -0.216. The van der Waals surface area contributed by atoms with Crippen LogP contribution >= 0.6 is 0 Å². The second-order valence-electron chi connectivity index (χ2n) is 3.11. The van der Waals surface area contributed by atoms with E-state index in [-0.39, 0.29) is 24.3 Å². The van der Waals surface area contributed by atoms with Crippen molar-refractivity contribution in [2.45, 2.75) is 39.0 Å². The largest absolute Gasteiger partial charge is 0.370 e. The molecule has 8 N–H and O–H groups in total. The first-order valence-electron chi connectivity index (χ1n) is 4.90. The van der Waals surface area contributed by atoms with Crippen molar-refractivity contribution in [3.63, 3.8) is 0 Å². The zero-order valence-electron chi connectivity index (χ0n) is 9.17. The average molecular weight is 214 g/mol. The minimum Gasteiger partial charge on any atom is -0.370 e. The van der Waals surface area contributed by atoms with Crippen molar-refractivity contribution in [3.05, 3.63) is 0 Å². The number of nitrogens with two attached hydrogens (primary N) is 2. The summed E-state index contributed by atoms with van der Waals surface area (Å²) in [7, 11) is 0. The van der Waals surface area contributed by atoms with Crippen LogP contribution in [0.15, 0.2) is 0 Å². The third-order valence-corrected chi connectivity index (χ3v) is 1.78. The van der Waals surface area contributed by atoms with E-state index in [1.165, 1.54) is 0 Å². The molecule has 15 heavy (non-hydrogen) atoms. The van der Waals surface area contributed by atoms with Crippen molar-refractivity contribution in [2.75, 3.05) is 0 Å². The van der Waals surface area contributed by atoms with Crippen molar-refractivity contribution in [3.8, 4) is 0 Å². The highest BCUT2D eigenvalue weighted by Crippen LogP contribution is 1.94. The molecule has 0 aromatic rings. The van der Waals surface area contributed by atoms with E-state index in [1.807, 2.05) is 13.8 Å². The van der Waals surface area contributed by atoms with Crippen LogP contribution in [0.2, 0.25) is 0 Å². The van der Waals surface area contributed by atoms with E-state index < -0.39 is 0 Å². The number of nitrogens with zero attached hydrogens (tertiary/aromatic N) is 1. The van der Waals surface area contributed by atoms with Gasteiger partial charge < -0.3 is 22.1 Å². The van der Waals surface area contributed by atoms with Crippen molar-refractivity contribution < 1.29 is 0 Å². The molecule has 0 spiro atoms. The Labute approximate surface area is 90.0 Å². The topological polar surface area (TPSA) is 138 Å². The first kappa shape index (κ1) is 13.5. The Kier molecular flexibility index (Phi) is 6.19. The second kappa shape index (κ2) is 6.88. The maximum absolute atomic E-state index is 7.09. The molecule has 0 amide bonds. The van der Waals surface area contributed by atoms with Crippen molar-refractivity contribution in [1.82, 2.24) is 16.0 Å². The lowest BCUT2D eigenvalue weighted by Gasteiger charge is -2.23. The van der Waals surface area contributed by atoms with Crippen LogP contribution in [-0.2, 0) is 0 Å². The van der Waals surface area contributed by atoms with E-state index in [2.05, 4.69) is 16.0 Å². The molecule has 1 radical (unpaired) electrons. The Morgan fingerprint density at radius 2 is 1.40 bits per heavy atom. The number of hydrogen-bond acceptors (Lipinski definition) is 2. The van der Waals surface area contributed by atoms with Crippen molar-refractivity contribution in [1.29, 1.82) is 10.8 Å². The maximum atomic E-state index is 7.09. The minimum atomic E-state index is -0.223. The lowest BCUT2D eigenvalue weighted by molar-refractivity contribution is 0.362. The van der Waals surface area contributed by atoms with Gasteiger partial charge in [0.15, 0.2) is 11.9 Å². The molecule has 0 saturated heterocycles. The van der Waals surface area contributed by atoms with Crippen LogP contribution in [0.4, 0.5) is 0 Å². The first-order valence-corrected chi connectivity index (χ1v) is 4.90. The fourth-order valence-corrected chi connectivity index (χ4v) is 1.07. The highest BCUT2D eigenvalue weighted by atomic mass is 15.3. The number of hydrogen-bond donors (Lipinski definition) is 6. The van der Waals surface area contributed by atoms with Gasteiger partial charge in [0.25, 0.3) is 0 Å². The van der Waals surface area contributed by atoms with Crippen LogP contribution in [0.25, 0.3) is 0 Å². The molecule has 0 aliphatic rings. The molecule has 0 aromatic heterocycles. The summed E-state index contributed by atoms with van der Waals surface area (Å²) in [5, 5.41) is 23.9. The number of guanidine groups is 2. The summed E-state index contributed by atoms with van der Waals surface area (Å²) >= 11 is 0. The van der Waals surface area contributed by atoms with Gasteiger partial charge in [-0.2, -0.15) is 5.32 Å². The quantitative estimate of drug-likeness (QED) is 0.250. The van der Waals surface area contributed by atoms with E-state index in [0.29, 0.717) is 0 Å². The van der Waals surface area contributed by atoms with Crippen molar-refractivity contribution in [2.24, 2.45) is 11.5 Å². The molecule has 0 fully saturated rings. The highest BCUT2D eigenvalue weighted by molar-refractivity contribution is 5.75. The number of nitrogens with one attached hydrogen (secondary N) is 4. The molecule has 2 atom stereocenters. The van der Waals surface area contributed by atoms with Crippen LogP contribution in [0, 0.1) is 10.8 Å². The zero-order chi connectivity index (χ0) is 11.8. The van der Waals surface area contributed by atoms with Gasteiger partial charge >= 0.3 is 0 Å². The van der Waals surface area contributed by atoms with Gasteiger partial charge in [0.2, 0.25) is 0 Å². The van der Waals surface area contributed by atoms with Crippen LogP contribution in [0.5, 0.6) is 0 Å². The summed E-state index contributed by atoms with van der Waals surface area (Å²) in [6, 6.07) is 0. The average Bonchev–Trinajstić information content (AvgIpc) is 2.14. The lowest BCUT2D eigenvalue weighted by atomic mass is 10.3.